The molecule has 3 atom stereocenters. The van der Waals surface area contributed by atoms with Gasteiger partial charge >= 0.3 is 0 Å². The molecular formula is C15H22ClFN2. The van der Waals surface area contributed by atoms with Gasteiger partial charge in [0.2, 0.25) is 0 Å². The maximum absolute atomic E-state index is 14.0. The van der Waals surface area contributed by atoms with Crippen molar-refractivity contribution in [1.82, 2.24) is 4.90 Å². The minimum absolute atomic E-state index is 0.0489. The van der Waals surface area contributed by atoms with Crippen LogP contribution in [0.3, 0.4) is 0 Å². The predicted octanol–water partition coefficient (Wildman–Crippen LogP) is 3.46. The first-order chi connectivity index (χ1) is 9.02. The lowest BCUT2D eigenvalue weighted by Gasteiger charge is -2.40. The molecule has 3 unspecified atom stereocenters. The average molecular weight is 285 g/mol. The van der Waals surface area contributed by atoms with E-state index in [1.807, 2.05) is 0 Å². The smallest absolute Gasteiger partial charge is 0.129 e. The molecule has 1 saturated heterocycles. The van der Waals surface area contributed by atoms with Gasteiger partial charge in [0.1, 0.15) is 5.82 Å². The number of hydrogen-bond acceptors (Lipinski definition) is 2. The third-order valence-electron chi connectivity index (χ3n) is 4.35. The van der Waals surface area contributed by atoms with Crippen molar-refractivity contribution < 1.29 is 4.39 Å². The Morgan fingerprint density at radius 2 is 2.16 bits per heavy atom. The van der Waals surface area contributed by atoms with E-state index in [4.69, 9.17) is 17.3 Å². The van der Waals surface area contributed by atoms with Gasteiger partial charge in [0.05, 0.1) is 0 Å². The highest BCUT2D eigenvalue weighted by atomic mass is 35.5. The first-order valence-electron chi connectivity index (χ1n) is 6.92. The Kier molecular flexibility index (Phi) is 4.82. The first kappa shape index (κ1) is 14.8. The lowest BCUT2D eigenvalue weighted by atomic mass is 9.87. The van der Waals surface area contributed by atoms with Crippen LogP contribution in [-0.4, -0.2) is 24.5 Å². The normalized spacial score (nSPS) is 26.4. The van der Waals surface area contributed by atoms with Crippen LogP contribution in [0.15, 0.2) is 18.2 Å². The lowest BCUT2D eigenvalue weighted by molar-refractivity contribution is 0.0967. The van der Waals surface area contributed by atoms with E-state index in [1.54, 1.807) is 12.1 Å². The Balaban J connectivity index is 2.20. The van der Waals surface area contributed by atoms with Gasteiger partial charge < -0.3 is 5.73 Å². The van der Waals surface area contributed by atoms with E-state index in [0.717, 1.165) is 25.4 Å². The molecule has 2 nitrogen and oxygen atoms in total. The minimum Gasteiger partial charge on any atom is -0.329 e. The van der Waals surface area contributed by atoms with E-state index in [-0.39, 0.29) is 11.9 Å². The molecule has 2 N–H and O–H groups in total. The van der Waals surface area contributed by atoms with E-state index in [1.165, 1.54) is 6.07 Å². The molecule has 1 aliphatic heterocycles. The molecule has 1 aliphatic rings. The zero-order valence-corrected chi connectivity index (χ0v) is 12.3. The molecule has 0 radical (unpaired) electrons. The molecule has 106 valence electrons. The van der Waals surface area contributed by atoms with Gasteiger partial charge in [0, 0.05) is 29.7 Å². The number of nitrogens with zero attached hydrogens (tertiary/aromatic N) is 1. The van der Waals surface area contributed by atoms with Crippen molar-refractivity contribution >= 4 is 11.6 Å². The van der Waals surface area contributed by atoms with Gasteiger partial charge in [-0.1, -0.05) is 31.5 Å². The van der Waals surface area contributed by atoms with Gasteiger partial charge in [-0.2, -0.15) is 0 Å². The maximum Gasteiger partial charge on any atom is 0.129 e. The summed E-state index contributed by atoms with van der Waals surface area (Å²) in [7, 11) is 0. The van der Waals surface area contributed by atoms with Crippen LogP contribution in [0.2, 0.25) is 5.02 Å². The zero-order chi connectivity index (χ0) is 14.0. The molecule has 0 amide bonds. The van der Waals surface area contributed by atoms with Gasteiger partial charge in [-0.05, 0) is 36.9 Å². The zero-order valence-electron chi connectivity index (χ0n) is 11.6. The summed E-state index contributed by atoms with van der Waals surface area (Å²) >= 11 is 5.81. The number of piperidine rings is 1. The molecule has 0 saturated carbocycles. The van der Waals surface area contributed by atoms with E-state index >= 15 is 0 Å². The number of hydrogen-bond donors (Lipinski definition) is 1. The largest absolute Gasteiger partial charge is 0.329 e. The van der Waals surface area contributed by atoms with Crippen molar-refractivity contribution in [2.75, 3.05) is 19.6 Å². The molecule has 0 aromatic heterocycles. The van der Waals surface area contributed by atoms with Crippen LogP contribution in [-0.2, 0) is 0 Å². The van der Waals surface area contributed by atoms with Gasteiger partial charge in [-0.3, -0.25) is 4.90 Å². The van der Waals surface area contributed by atoms with Crippen LogP contribution in [0.1, 0.15) is 31.9 Å². The fourth-order valence-corrected chi connectivity index (χ4v) is 2.98. The number of likely N-dealkylation sites (tertiary alicyclic amines) is 1. The molecule has 2 rings (SSSR count). The van der Waals surface area contributed by atoms with E-state index < -0.39 is 0 Å². The molecule has 0 aliphatic carbocycles. The van der Waals surface area contributed by atoms with E-state index in [0.29, 0.717) is 23.0 Å². The Labute approximate surface area is 119 Å². The van der Waals surface area contributed by atoms with E-state index in [9.17, 15) is 4.39 Å². The highest BCUT2D eigenvalue weighted by Crippen LogP contribution is 2.31. The summed E-state index contributed by atoms with van der Waals surface area (Å²) in [5.74, 6) is 1.09. The van der Waals surface area contributed by atoms with Crippen molar-refractivity contribution in [1.29, 1.82) is 0 Å². The summed E-state index contributed by atoms with van der Waals surface area (Å²) in [5, 5.41) is 0.428. The monoisotopic (exact) mass is 284 g/mol. The second-order valence-corrected chi connectivity index (χ2v) is 6.09. The summed E-state index contributed by atoms with van der Waals surface area (Å²) in [6, 6.07) is 4.82. The fraction of sp³-hybridized carbons (Fsp3) is 0.600. The van der Waals surface area contributed by atoms with Crippen LogP contribution < -0.4 is 5.73 Å². The molecule has 0 spiro atoms. The van der Waals surface area contributed by atoms with Crippen LogP contribution in [0.4, 0.5) is 4.39 Å². The third-order valence-corrected chi connectivity index (χ3v) is 4.59. The summed E-state index contributed by atoms with van der Waals surface area (Å²) < 4.78 is 14.0. The predicted molar refractivity (Wildman–Crippen MR) is 77.7 cm³/mol. The molecule has 0 bridgehead atoms. The van der Waals surface area contributed by atoms with Crippen molar-refractivity contribution in [3.63, 3.8) is 0 Å². The minimum atomic E-state index is -0.255. The van der Waals surface area contributed by atoms with Crippen molar-refractivity contribution in [2.24, 2.45) is 17.6 Å². The standard InChI is InChI=1S/C15H22ClFN2/c1-10-5-6-19(9-11(10)2)15(8-18)13-4-3-12(16)7-14(13)17/h3-4,7,10-11,15H,5-6,8-9,18H2,1-2H3. The van der Waals surface area contributed by atoms with Crippen LogP contribution in [0.25, 0.3) is 0 Å². The summed E-state index contributed by atoms with van der Waals surface area (Å²) in [5.41, 5.74) is 6.54. The second-order valence-electron chi connectivity index (χ2n) is 5.66. The van der Waals surface area contributed by atoms with Gasteiger partial charge in [-0.25, -0.2) is 4.39 Å². The number of rotatable bonds is 3. The van der Waals surface area contributed by atoms with Crippen LogP contribution in [0, 0.1) is 17.7 Å². The van der Waals surface area contributed by atoms with Crippen molar-refractivity contribution in [3.05, 3.63) is 34.6 Å². The topological polar surface area (TPSA) is 29.3 Å². The number of nitrogens with two attached hydrogens (primary N) is 1. The third kappa shape index (κ3) is 3.28. The number of benzene rings is 1. The lowest BCUT2D eigenvalue weighted by Crippen LogP contribution is -2.43. The second kappa shape index (κ2) is 6.21. The molecular weight excluding hydrogens is 263 g/mol. The Morgan fingerprint density at radius 3 is 2.74 bits per heavy atom. The SMILES string of the molecule is CC1CCN(C(CN)c2ccc(Cl)cc2F)CC1C. The van der Waals surface area contributed by atoms with Crippen LogP contribution in [0.5, 0.6) is 0 Å². The van der Waals surface area contributed by atoms with Crippen molar-refractivity contribution in [3.8, 4) is 0 Å². The fourth-order valence-electron chi connectivity index (χ4n) is 2.82. The molecule has 19 heavy (non-hydrogen) atoms. The summed E-state index contributed by atoms with van der Waals surface area (Å²) in [6.45, 7) is 6.92. The van der Waals surface area contributed by atoms with E-state index in [2.05, 4.69) is 18.7 Å². The van der Waals surface area contributed by atoms with Gasteiger partial charge in [-0.15, -0.1) is 0 Å². The highest BCUT2D eigenvalue weighted by Gasteiger charge is 2.29. The molecule has 1 fully saturated rings. The number of halogens is 2. The average Bonchev–Trinajstić information content (AvgIpc) is 2.37. The Bertz CT molecular complexity index is 438. The highest BCUT2D eigenvalue weighted by molar-refractivity contribution is 6.30. The Hall–Kier alpha value is -0.640. The van der Waals surface area contributed by atoms with Crippen molar-refractivity contribution in [2.45, 2.75) is 26.3 Å². The maximum atomic E-state index is 14.0. The molecule has 4 heteroatoms. The van der Waals surface area contributed by atoms with Gasteiger partial charge in [0.15, 0.2) is 0 Å². The molecule has 1 aromatic carbocycles. The molecule has 1 aromatic rings. The summed E-state index contributed by atoms with van der Waals surface area (Å²) in [6.07, 6.45) is 1.15. The first-order valence-corrected chi connectivity index (χ1v) is 7.29. The van der Waals surface area contributed by atoms with Crippen LogP contribution >= 0.6 is 11.6 Å². The quantitative estimate of drug-likeness (QED) is 0.921. The molecule has 1 heterocycles. The van der Waals surface area contributed by atoms with Gasteiger partial charge in [0.25, 0.3) is 0 Å². The summed E-state index contributed by atoms with van der Waals surface area (Å²) in [4.78, 5) is 2.30. The Morgan fingerprint density at radius 1 is 1.42 bits per heavy atom.